The van der Waals surface area contributed by atoms with Gasteiger partial charge in [0.25, 0.3) is 0 Å². The number of Topliss-reactive ketones (excluding diaryl/α,β-unsaturated/α-hetero) is 1. The Balaban J connectivity index is 0.000000274. The van der Waals surface area contributed by atoms with Gasteiger partial charge in [0.1, 0.15) is 36.3 Å². The number of ketones is 1. The number of benzene rings is 2. The normalized spacial score (nSPS) is 15.1. The minimum absolute atomic E-state index is 0.0477. The Morgan fingerprint density at radius 3 is 2.09 bits per heavy atom. The summed E-state index contributed by atoms with van der Waals surface area (Å²) in [6.07, 6.45) is 5.43. The summed E-state index contributed by atoms with van der Waals surface area (Å²) in [6.45, 7) is 13.6. The highest BCUT2D eigenvalue weighted by Crippen LogP contribution is 2.22. The maximum atomic E-state index is 13.1. The van der Waals surface area contributed by atoms with E-state index in [4.69, 9.17) is 14.2 Å². The molecule has 0 aliphatic carbocycles. The highest BCUT2D eigenvalue weighted by Gasteiger charge is 2.09. The van der Waals surface area contributed by atoms with Crippen LogP contribution in [0.25, 0.3) is 0 Å². The van der Waals surface area contributed by atoms with Crippen molar-refractivity contribution in [2.75, 3.05) is 19.8 Å². The number of carbonyl (C=O) groups excluding carboxylic acids is 1. The van der Waals surface area contributed by atoms with Gasteiger partial charge in [-0.2, -0.15) is 0 Å². The van der Waals surface area contributed by atoms with Gasteiger partial charge in [0.15, 0.2) is 5.78 Å². The molecule has 1 unspecified atom stereocenters. The molecule has 1 N–H and O–H groups in total. The number of aliphatic hydroxyl groups excluding tert-OH is 1. The second-order valence-electron chi connectivity index (χ2n) is 7.58. The van der Waals surface area contributed by atoms with Gasteiger partial charge in [-0.1, -0.05) is 25.3 Å². The standard InChI is InChI=1S/C11H13FO2.C11H11FO2.C5H10O/c2*1-3-6-14-9-4-5-11(12)10(7-9)8(2)13;1-5-3-2-4-6-5/h3-5,7-8,13H,1,6H2,2H3;3-5,7H,1,6H2,2H3;5H,2-4H2,1H3/t8-;;/m1../s1. The molecule has 186 valence electrons. The van der Waals surface area contributed by atoms with E-state index in [1.54, 1.807) is 12.2 Å². The summed E-state index contributed by atoms with van der Waals surface area (Å²) in [5.74, 6) is -0.264. The molecule has 1 aliphatic heterocycles. The summed E-state index contributed by atoms with van der Waals surface area (Å²) in [5.41, 5.74) is 0.290. The lowest BCUT2D eigenvalue weighted by molar-refractivity contribution is 0.101. The van der Waals surface area contributed by atoms with Gasteiger partial charge in [0, 0.05) is 12.2 Å². The molecule has 2 aromatic carbocycles. The minimum atomic E-state index is -0.831. The van der Waals surface area contributed by atoms with Crippen LogP contribution in [0.15, 0.2) is 61.7 Å². The van der Waals surface area contributed by atoms with E-state index in [0.29, 0.717) is 30.8 Å². The van der Waals surface area contributed by atoms with Crippen LogP contribution in [0.3, 0.4) is 0 Å². The smallest absolute Gasteiger partial charge is 0.162 e. The quantitative estimate of drug-likeness (QED) is 0.362. The summed E-state index contributed by atoms with van der Waals surface area (Å²) in [4.78, 5) is 11.0. The summed E-state index contributed by atoms with van der Waals surface area (Å²) < 4.78 is 41.7. The van der Waals surface area contributed by atoms with Gasteiger partial charge in [0.2, 0.25) is 0 Å². The Morgan fingerprint density at radius 2 is 1.68 bits per heavy atom. The summed E-state index contributed by atoms with van der Waals surface area (Å²) >= 11 is 0. The van der Waals surface area contributed by atoms with Crippen LogP contribution in [0.2, 0.25) is 0 Å². The Morgan fingerprint density at radius 1 is 1.12 bits per heavy atom. The first kappa shape index (κ1) is 29.0. The summed E-state index contributed by atoms with van der Waals surface area (Å²) in [6, 6.07) is 8.37. The van der Waals surface area contributed by atoms with Gasteiger partial charge in [0.05, 0.1) is 17.8 Å². The lowest BCUT2D eigenvalue weighted by Gasteiger charge is -2.09. The zero-order chi connectivity index (χ0) is 25.5. The number of rotatable bonds is 8. The van der Waals surface area contributed by atoms with E-state index in [9.17, 15) is 18.7 Å². The van der Waals surface area contributed by atoms with Gasteiger partial charge < -0.3 is 19.3 Å². The van der Waals surface area contributed by atoms with Crippen molar-refractivity contribution >= 4 is 5.78 Å². The van der Waals surface area contributed by atoms with Crippen LogP contribution in [0.4, 0.5) is 8.78 Å². The average molecular weight is 477 g/mol. The second-order valence-corrected chi connectivity index (χ2v) is 7.58. The van der Waals surface area contributed by atoms with Crippen molar-refractivity contribution in [2.45, 2.75) is 45.8 Å². The number of hydrogen-bond acceptors (Lipinski definition) is 5. The first-order valence-electron chi connectivity index (χ1n) is 11.1. The Kier molecular flexibility index (Phi) is 13.4. The summed E-state index contributed by atoms with van der Waals surface area (Å²) in [5, 5.41) is 9.24. The molecule has 0 radical (unpaired) electrons. The van der Waals surface area contributed by atoms with Gasteiger partial charge >= 0.3 is 0 Å². The SMILES string of the molecule is C=CCOc1ccc(F)c(C(C)=O)c1.C=CCOc1ccc(F)c([C@@H](C)O)c1.CC1CCCO1. The topological polar surface area (TPSA) is 65.0 Å². The molecule has 34 heavy (non-hydrogen) atoms. The molecule has 7 heteroatoms. The molecule has 0 amide bonds. The molecule has 5 nitrogen and oxygen atoms in total. The first-order chi connectivity index (χ1) is 16.2. The number of ether oxygens (including phenoxy) is 3. The van der Waals surface area contributed by atoms with Crippen LogP contribution < -0.4 is 9.47 Å². The Hall–Kier alpha value is -3.03. The van der Waals surface area contributed by atoms with Gasteiger partial charge in [-0.05, 0) is 70.0 Å². The highest BCUT2D eigenvalue weighted by atomic mass is 19.1. The Labute approximate surface area is 200 Å². The van der Waals surface area contributed by atoms with Crippen molar-refractivity contribution in [1.82, 2.24) is 0 Å². The predicted octanol–water partition coefficient (Wildman–Crippen LogP) is 6.22. The predicted molar refractivity (Wildman–Crippen MR) is 129 cm³/mol. The van der Waals surface area contributed by atoms with Crippen LogP contribution in [-0.2, 0) is 4.74 Å². The van der Waals surface area contributed by atoms with Crippen LogP contribution in [-0.4, -0.2) is 36.8 Å². The second kappa shape index (κ2) is 15.7. The molecule has 1 heterocycles. The van der Waals surface area contributed by atoms with Crippen LogP contribution >= 0.6 is 0 Å². The largest absolute Gasteiger partial charge is 0.490 e. The van der Waals surface area contributed by atoms with E-state index in [1.807, 2.05) is 0 Å². The van der Waals surface area contributed by atoms with Crippen molar-refractivity contribution in [3.63, 3.8) is 0 Å². The molecule has 3 rings (SSSR count). The third-order valence-corrected chi connectivity index (χ3v) is 4.63. The number of carbonyl (C=O) groups is 1. The lowest BCUT2D eigenvalue weighted by atomic mass is 10.1. The minimum Gasteiger partial charge on any atom is -0.490 e. The molecule has 0 aromatic heterocycles. The fraction of sp³-hybridized carbons (Fsp3) is 0.370. The fourth-order valence-corrected chi connectivity index (χ4v) is 2.84. The lowest BCUT2D eigenvalue weighted by Crippen LogP contribution is -1.99. The van der Waals surface area contributed by atoms with Crippen LogP contribution in [0.5, 0.6) is 11.5 Å². The van der Waals surface area contributed by atoms with Crippen molar-refractivity contribution < 1.29 is 32.9 Å². The highest BCUT2D eigenvalue weighted by molar-refractivity contribution is 5.94. The molecule has 0 bridgehead atoms. The number of halogens is 2. The van der Waals surface area contributed by atoms with E-state index >= 15 is 0 Å². The van der Waals surface area contributed by atoms with Crippen LogP contribution in [0, 0.1) is 11.6 Å². The van der Waals surface area contributed by atoms with Gasteiger partial charge in [-0.25, -0.2) is 8.78 Å². The molecule has 2 atom stereocenters. The van der Waals surface area contributed by atoms with E-state index in [0.717, 1.165) is 6.61 Å². The van der Waals surface area contributed by atoms with Crippen LogP contribution in [0.1, 0.15) is 55.6 Å². The van der Waals surface area contributed by atoms with E-state index in [2.05, 4.69) is 20.1 Å². The zero-order valence-electron chi connectivity index (χ0n) is 20.1. The molecule has 1 saturated heterocycles. The van der Waals surface area contributed by atoms with Crippen molar-refractivity contribution in [3.05, 3.63) is 84.5 Å². The maximum absolute atomic E-state index is 13.1. The molecule has 0 spiro atoms. The monoisotopic (exact) mass is 476 g/mol. The van der Waals surface area contributed by atoms with Gasteiger partial charge in [-0.15, -0.1) is 0 Å². The van der Waals surface area contributed by atoms with Crippen molar-refractivity contribution in [3.8, 4) is 11.5 Å². The molecular formula is C27H34F2O5. The van der Waals surface area contributed by atoms with Crippen molar-refractivity contribution in [2.24, 2.45) is 0 Å². The zero-order valence-corrected chi connectivity index (χ0v) is 20.1. The molecule has 1 aliphatic rings. The summed E-state index contributed by atoms with van der Waals surface area (Å²) in [7, 11) is 0. The first-order valence-corrected chi connectivity index (χ1v) is 11.1. The average Bonchev–Trinajstić information content (AvgIpc) is 3.29. The van der Waals surface area contributed by atoms with E-state index < -0.39 is 17.7 Å². The molecule has 0 saturated carbocycles. The molecule has 2 aromatic rings. The van der Waals surface area contributed by atoms with E-state index in [-0.39, 0.29) is 16.9 Å². The third kappa shape index (κ3) is 10.7. The molecule has 1 fully saturated rings. The third-order valence-electron chi connectivity index (χ3n) is 4.63. The van der Waals surface area contributed by atoms with E-state index in [1.165, 1.54) is 63.1 Å². The number of hydrogen-bond donors (Lipinski definition) is 1. The fourth-order valence-electron chi connectivity index (χ4n) is 2.84. The van der Waals surface area contributed by atoms with Crippen molar-refractivity contribution in [1.29, 1.82) is 0 Å². The maximum Gasteiger partial charge on any atom is 0.162 e. The Bertz CT molecular complexity index is 921. The number of aliphatic hydroxyl groups is 1. The molecular weight excluding hydrogens is 442 g/mol. The van der Waals surface area contributed by atoms with Gasteiger partial charge in [-0.3, -0.25) is 4.79 Å².